The number of carbonyl (C=O) groups excluding carboxylic acids is 2. The van der Waals surface area contributed by atoms with Crippen molar-refractivity contribution in [2.24, 2.45) is 29.1 Å². The number of aldehydes is 1. The summed E-state index contributed by atoms with van der Waals surface area (Å²) in [6.07, 6.45) is 1.48. The van der Waals surface area contributed by atoms with Gasteiger partial charge in [-0.1, -0.05) is 39.0 Å². The maximum Gasteiger partial charge on any atom is 0.240 e. The Kier molecular flexibility index (Phi) is 6.47. The van der Waals surface area contributed by atoms with Crippen molar-refractivity contribution in [3.8, 4) is 0 Å². The molecule has 1 amide bonds. The molecule has 7 heteroatoms. The Morgan fingerprint density at radius 1 is 1.38 bits per heavy atom. The van der Waals surface area contributed by atoms with E-state index in [1.807, 2.05) is 6.07 Å². The lowest BCUT2D eigenvalue weighted by atomic mass is 9.45. The predicted molar refractivity (Wildman–Crippen MR) is 119 cm³/mol. The van der Waals surface area contributed by atoms with Gasteiger partial charge in [0.15, 0.2) is 0 Å². The minimum absolute atomic E-state index is 0.0994. The molecule has 176 valence electrons. The summed E-state index contributed by atoms with van der Waals surface area (Å²) in [5, 5.41) is 25.2. The number of carbonyl (C=O) groups is 2. The molecule has 1 aromatic rings. The molecular formula is C25H36N2O5. The Morgan fingerprint density at radius 2 is 2.12 bits per heavy atom. The minimum atomic E-state index is -0.828. The molecule has 4 fully saturated rings. The number of hydroxylamine groups is 2. The zero-order valence-corrected chi connectivity index (χ0v) is 19.4. The SMILES string of the molecule is CC(O)C1[C@H](CO)ON(Cc2cccc(C=O)c2)[C@@H]1C(=O)NC1CC2CC([C@@H]1C)C2(C)C. The van der Waals surface area contributed by atoms with Crippen molar-refractivity contribution in [2.45, 2.75) is 71.4 Å². The highest BCUT2D eigenvalue weighted by Crippen LogP contribution is 2.61. The molecule has 32 heavy (non-hydrogen) atoms. The number of aliphatic hydroxyl groups excluding tert-OH is 2. The predicted octanol–water partition coefficient (Wildman–Crippen LogP) is 2.16. The van der Waals surface area contributed by atoms with Gasteiger partial charge in [-0.3, -0.25) is 14.4 Å². The average Bonchev–Trinajstić information content (AvgIpc) is 3.13. The van der Waals surface area contributed by atoms with E-state index in [-0.39, 0.29) is 25.1 Å². The van der Waals surface area contributed by atoms with E-state index in [4.69, 9.17) is 4.84 Å². The largest absolute Gasteiger partial charge is 0.394 e. The van der Waals surface area contributed by atoms with E-state index < -0.39 is 24.2 Å². The van der Waals surface area contributed by atoms with Crippen molar-refractivity contribution in [3.05, 3.63) is 35.4 Å². The van der Waals surface area contributed by atoms with Crippen LogP contribution in [0.5, 0.6) is 0 Å². The third kappa shape index (κ3) is 4.00. The van der Waals surface area contributed by atoms with Gasteiger partial charge in [-0.05, 0) is 54.6 Å². The Bertz CT molecular complexity index is 856. The summed E-state index contributed by atoms with van der Waals surface area (Å²) in [6, 6.07) is 6.50. The molecular weight excluding hydrogens is 408 g/mol. The van der Waals surface area contributed by atoms with E-state index in [0.29, 0.717) is 28.7 Å². The van der Waals surface area contributed by atoms with Gasteiger partial charge in [-0.15, -0.1) is 0 Å². The number of nitrogens with one attached hydrogen (secondary N) is 1. The van der Waals surface area contributed by atoms with Crippen LogP contribution in [0.25, 0.3) is 0 Å². The third-order valence-corrected chi connectivity index (χ3v) is 8.49. The molecule has 7 nitrogen and oxygen atoms in total. The second-order valence-electron chi connectivity index (χ2n) is 10.6. The molecule has 5 rings (SSSR count). The summed E-state index contributed by atoms with van der Waals surface area (Å²) in [4.78, 5) is 30.7. The quantitative estimate of drug-likeness (QED) is 0.558. The monoisotopic (exact) mass is 444 g/mol. The highest BCUT2D eigenvalue weighted by atomic mass is 16.7. The molecule has 0 aromatic heterocycles. The number of hydrogen-bond donors (Lipinski definition) is 3. The van der Waals surface area contributed by atoms with Crippen molar-refractivity contribution >= 4 is 12.2 Å². The molecule has 1 aromatic carbocycles. The van der Waals surface area contributed by atoms with Crippen molar-refractivity contribution in [3.63, 3.8) is 0 Å². The maximum atomic E-state index is 13.6. The fraction of sp³-hybridized carbons (Fsp3) is 0.680. The number of benzene rings is 1. The molecule has 1 heterocycles. The number of rotatable bonds is 7. The second-order valence-corrected chi connectivity index (χ2v) is 10.6. The first-order valence-electron chi connectivity index (χ1n) is 11.7. The van der Waals surface area contributed by atoms with Gasteiger partial charge in [0, 0.05) is 17.5 Å². The van der Waals surface area contributed by atoms with Crippen LogP contribution in [0.4, 0.5) is 0 Å². The van der Waals surface area contributed by atoms with Crippen molar-refractivity contribution in [1.82, 2.24) is 10.4 Å². The number of fused-ring (bicyclic) bond motifs is 2. The highest BCUT2D eigenvalue weighted by Gasteiger charge is 2.57. The molecule has 8 atom stereocenters. The van der Waals surface area contributed by atoms with E-state index in [1.165, 1.54) is 6.42 Å². The summed E-state index contributed by atoms with van der Waals surface area (Å²) in [7, 11) is 0. The second kappa shape index (κ2) is 8.86. The molecule has 0 radical (unpaired) electrons. The van der Waals surface area contributed by atoms with Crippen LogP contribution >= 0.6 is 0 Å². The maximum absolute atomic E-state index is 13.6. The summed E-state index contributed by atoms with van der Waals surface area (Å²) < 4.78 is 0. The van der Waals surface area contributed by atoms with Crippen LogP contribution in [0.2, 0.25) is 0 Å². The van der Waals surface area contributed by atoms with E-state index in [1.54, 1.807) is 30.2 Å². The molecule has 4 aliphatic rings. The number of hydrogen-bond acceptors (Lipinski definition) is 6. The fourth-order valence-electron chi connectivity index (χ4n) is 6.43. The van der Waals surface area contributed by atoms with Crippen molar-refractivity contribution in [1.29, 1.82) is 0 Å². The molecule has 0 spiro atoms. The summed E-state index contributed by atoms with van der Waals surface area (Å²) in [5.74, 6) is 0.881. The molecule has 2 bridgehead atoms. The van der Waals surface area contributed by atoms with Gasteiger partial charge in [-0.25, -0.2) is 0 Å². The van der Waals surface area contributed by atoms with Crippen LogP contribution in [0.3, 0.4) is 0 Å². The van der Waals surface area contributed by atoms with Gasteiger partial charge < -0.3 is 15.5 Å². The summed E-state index contributed by atoms with van der Waals surface area (Å²) >= 11 is 0. The number of nitrogens with zero attached hydrogens (tertiary/aromatic N) is 1. The Balaban J connectivity index is 1.54. The molecule has 1 saturated heterocycles. The molecule has 5 unspecified atom stereocenters. The molecule has 3 N–H and O–H groups in total. The van der Waals surface area contributed by atoms with E-state index >= 15 is 0 Å². The molecule has 1 aliphatic heterocycles. The van der Waals surface area contributed by atoms with Crippen LogP contribution in [0.15, 0.2) is 24.3 Å². The van der Waals surface area contributed by atoms with Crippen molar-refractivity contribution < 1.29 is 24.6 Å². The average molecular weight is 445 g/mol. The van der Waals surface area contributed by atoms with Crippen LogP contribution < -0.4 is 5.32 Å². The van der Waals surface area contributed by atoms with E-state index in [2.05, 4.69) is 26.1 Å². The van der Waals surface area contributed by atoms with Gasteiger partial charge in [0.1, 0.15) is 18.4 Å². The topological polar surface area (TPSA) is 99.1 Å². The zero-order chi connectivity index (χ0) is 23.2. The number of amides is 1. The normalized spacial score (nSPS) is 36.9. The van der Waals surface area contributed by atoms with Gasteiger partial charge in [0.25, 0.3) is 0 Å². The summed E-state index contributed by atoms with van der Waals surface area (Å²) in [5.41, 5.74) is 1.70. The van der Waals surface area contributed by atoms with Crippen LogP contribution in [-0.2, 0) is 16.2 Å². The molecule has 3 saturated carbocycles. The van der Waals surface area contributed by atoms with Crippen LogP contribution in [-0.4, -0.2) is 58.4 Å². The van der Waals surface area contributed by atoms with Crippen LogP contribution in [0, 0.1) is 29.1 Å². The lowest BCUT2D eigenvalue weighted by molar-refractivity contribution is -0.183. The first-order valence-corrected chi connectivity index (χ1v) is 11.7. The van der Waals surface area contributed by atoms with Gasteiger partial charge >= 0.3 is 0 Å². The number of aliphatic hydroxyl groups is 2. The lowest BCUT2D eigenvalue weighted by Gasteiger charge is -2.62. The highest BCUT2D eigenvalue weighted by molar-refractivity contribution is 5.83. The first-order chi connectivity index (χ1) is 15.2. The fourth-order valence-corrected chi connectivity index (χ4v) is 6.43. The first kappa shape index (κ1) is 23.4. The standard InChI is InChI=1S/C25H36N2O5/c1-14-19-9-18(25(19,3)4)10-20(14)26-24(31)23-22(15(2)30)21(13-29)32-27(23)11-16-6-5-7-17(8-16)12-28/h5-8,12,14-15,18-23,29-30H,9-11,13H2,1-4H3,(H,26,31)/t14-,15?,18?,19?,20?,21-,22?,23-/m0/s1. The third-order valence-electron chi connectivity index (χ3n) is 8.49. The lowest BCUT2D eigenvalue weighted by Crippen LogP contribution is -2.62. The molecule has 3 aliphatic carbocycles. The zero-order valence-electron chi connectivity index (χ0n) is 19.4. The van der Waals surface area contributed by atoms with E-state index in [0.717, 1.165) is 18.3 Å². The van der Waals surface area contributed by atoms with Crippen LogP contribution in [0.1, 0.15) is 56.5 Å². The van der Waals surface area contributed by atoms with Gasteiger partial charge in [0.2, 0.25) is 5.91 Å². The van der Waals surface area contributed by atoms with Gasteiger partial charge in [0.05, 0.1) is 19.3 Å². The van der Waals surface area contributed by atoms with Gasteiger partial charge in [-0.2, -0.15) is 5.06 Å². The Hall–Kier alpha value is -1.80. The summed E-state index contributed by atoms with van der Waals surface area (Å²) in [6.45, 7) is 8.50. The Labute approximate surface area is 190 Å². The smallest absolute Gasteiger partial charge is 0.240 e. The minimum Gasteiger partial charge on any atom is -0.394 e. The Morgan fingerprint density at radius 3 is 2.72 bits per heavy atom. The van der Waals surface area contributed by atoms with E-state index in [9.17, 15) is 19.8 Å². The van der Waals surface area contributed by atoms with Crippen molar-refractivity contribution in [2.75, 3.05) is 6.61 Å².